The molecule has 0 fully saturated rings. The van der Waals surface area contributed by atoms with Crippen LogP contribution in [0.3, 0.4) is 0 Å². The van der Waals surface area contributed by atoms with E-state index in [-0.39, 0.29) is 18.0 Å². The van der Waals surface area contributed by atoms with Gasteiger partial charge in [0, 0.05) is 17.2 Å². The summed E-state index contributed by atoms with van der Waals surface area (Å²) in [5.74, 6) is -3.09. The van der Waals surface area contributed by atoms with Crippen molar-refractivity contribution >= 4 is 0 Å². The number of aliphatic hydroxyl groups is 1. The first-order valence-corrected chi connectivity index (χ1v) is 6.91. The molecule has 0 bridgehead atoms. The molecule has 1 unspecified atom stereocenters. The van der Waals surface area contributed by atoms with E-state index in [1.165, 1.54) is 24.3 Å². The molecular weight excluding hydrogens is 325 g/mol. The van der Waals surface area contributed by atoms with Crippen LogP contribution in [0.2, 0.25) is 0 Å². The highest BCUT2D eigenvalue weighted by atomic mass is 19.1. The van der Waals surface area contributed by atoms with Crippen LogP contribution in [-0.2, 0) is 6.54 Å². The average molecular weight is 336 g/mol. The van der Waals surface area contributed by atoms with Crippen molar-refractivity contribution in [3.8, 4) is 11.5 Å². The third-order valence-electron chi connectivity index (χ3n) is 3.36. The summed E-state index contributed by atoms with van der Waals surface area (Å²) in [5, 5.41) is 13.9. The zero-order chi connectivity index (χ0) is 17.3. The first kappa shape index (κ1) is 16.0. The van der Waals surface area contributed by atoms with Gasteiger partial charge in [-0.1, -0.05) is 6.07 Å². The van der Waals surface area contributed by atoms with Gasteiger partial charge in [-0.05, 0) is 30.3 Å². The number of hydrogen-bond acceptors (Lipinski definition) is 4. The van der Waals surface area contributed by atoms with Crippen LogP contribution >= 0.6 is 0 Å². The van der Waals surface area contributed by atoms with Gasteiger partial charge in [0.15, 0.2) is 0 Å². The SMILES string of the molecule is O=c1oc(-c2ccc(F)cc2)nn1CC(O)c1ccc(F)cc1F. The first-order chi connectivity index (χ1) is 11.4. The topological polar surface area (TPSA) is 68.3 Å². The number of benzene rings is 2. The van der Waals surface area contributed by atoms with Gasteiger partial charge in [-0.2, -0.15) is 4.68 Å². The summed E-state index contributed by atoms with van der Waals surface area (Å²) < 4.78 is 45.2. The Morgan fingerprint density at radius 2 is 1.75 bits per heavy atom. The Labute approximate surface area is 133 Å². The van der Waals surface area contributed by atoms with Crippen molar-refractivity contribution in [1.82, 2.24) is 9.78 Å². The van der Waals surface area contributed by atoms with E-state index >= 15 is 0 Å². The Morgan fingerprint density at radius 1 is 1.08 bits per heavy atom. The summed E-state index contributed by atoms with van der Waals surface area (Å²) in [4.78, 5) is 11.8. The van der Waals surface area contributed by atoms with E-state index in [1.807, 2.05) is 0 Å². The standard InChI is InChI=1S/C16H11F3N2O3/c17-10-3-1-9(2-4-10)15-20-21(16(23)24-15)8-14(22)12-6-5-11(18)7-13(12)19/h1-7,14,22H,8H2. The summed E-state index contributed by atoms with van der Waals surface area (Å²) in [6.07, 6.45) is -1.42. The van der Waals surface area contributed by atoms with Crippen molar-refractivity contribution in [3.05, 3.63) is 76.0 Å². The van der Waals surface area contributed by atoms with Crippen LogP contribution in [0, 0.1) is 17.5 Å². The van der Waals surface area contributed by atoms with Gasteiger partial charge >= 0.3 is 5.76 Å². The minimum absolute atomic E-state index is 0.0632. The highest BCUT2D eigenvalue weighted by Gasteiger charge is 2.18. The molecule has 0 saturated heterocycles. The van der Waals surface area contributed by atoms with Crippen molar-refractivity contribution in [2.75, 3.05) is 0 Å². The lowest BCUT2D eigenvalue weighted by Crippen LogP contribution is -2.21. The highest BCUT2D eigenvalue weighted by Crippen LogP contribution is 2.20. The van der Waals surface area contributed by atoms with Crippen LogP contribution in [0.25, 0.3) is 11.5 Å². The highest BCUT2D eigenvalue weighted by molar-refractivity contribution is 5.51. The van der Waals surface area contributed by atoms with Gasteiger partial charge in [-0.25, -0.2) is 18.0 Å². The molecule has 1 aromatic heterocycles. The van der Waals surface area contributed by atoms with E-state index in [4.69, 9.17) is 4.42 Å². The zero-order valence-electron chi connectivity index (χ0n) is 12.1. The lowest BCUT2D eigenvalue weighted by atomic mass is 10.1. The van der Waals surface area contributed by atoms with Gasteiger partial charge in [-0.15, -0.1) is 5.10 Å². The summed E-state index contributed by atoms with van der Waals surface area (Å²) in [7, 11) is 0. The molecule has 3 aromatic rings. The minimum atomic E-state index is -1.42. The van der Waals surface area contributed by atoms with Crippen molar-refractivity contribution in [2.45, 2.75) is 12.6 Å². The molecule has 8 heteroatoms. The second-order valence-electron chi connectivity index (χ2n) is 5.04. The van der Waals surface area contributed by atoms with E-state index in [0.717, 1.165) is 16.8 Å². The van der Waals surface area contributed by atoms with E-state index in [0.29, 0.717) is 11.6 Å². The molecule has 0 radical (unpaired) electrons. The minimum Gasteiger partial charge on any atom is -0.388 e. The summed E-state index contributed by atoms with van der Waals surface area (Å²) in [6, 6.07) is 7.82. The molecule has 3 rings (SSSR count). The van der Waals surface area contributed by atoms with Crippen LogP contribution in [0.15, 0.2) is 51.7 Å². The fourth-order valence-electron chi connectivity index (χ4n) is 2.16. The van der Waals surface area contributed by atoms with Crippen LogP contribution in [-0.4, -0.2) is 14.9 Å². The monoisotopic (exact) mass is 336 g/mol. The summed E-state index contributed by atoms with van der Waals surface area (Å²) in [6.45, 7) is -0.383. The number of nitrogens with zero attached hydrogens (tertiary/aromatic N) is 2. The normalized spacial score (nSPS) is 12.3. The van der Waals surface area contributed by atoms with Gasteiger partial charge in [-0.3, -0.25) is 0 Å². The van der Waals surface area contributed by atoms with Crippen LogP contribution in [0.4, 0.5) is 13.2 Å². The Morgan fingerprint density at radius 3 is 2.42 bits per heavy atom. The number of aliphatic hydroxyl groups excluding tert-OH is 1. The molecule has 0 aliphatic heterocycles. The average Bonchev–Trinajstić information content (AvgIpc) is 2.88. The molecule has 0 spiro atoms. The van der Waals surface area contributed by atoms with E-state index in [2.05, 4.69) is 5.10 Å². The Hall–Kier alpha value is -2.87. The van der Waals surface area contributed by atoms with Crippen molar-refractivity contribution in [3.63, 3.8) is 0 Å². The van der Waals surface area contributed by atoms with E-state index in [1.54, 1.807) is 0 Å². The molecule has 2 aromatic carbocycles. The predicted molar refractivity (Wildman–Crippen MR) is 77.5 cm³/mol. The lowest BCUT2D eigenvalue weighted by Gasteiger charge is -2.10. The molecule has 124 valence electrons. The van der Waals surface area contributed by atoms with Gasteiger partial charge in [0.05, 0.1) is 6.54 Å². The maximum atomic E-state index is 13.6. The first-order valence-electron chi connectivity index (χ1n) is 6.91. The molecule has 0 amide bonds. The zero-order valence-corrected chi connectivity index (χ0v) is 12.1. The van der Waals surface area contributed by atoms with E-state index < -0.39 is 29.3 Å². The smallest absolute Gasteiger partial charge is 0.388 e. The van der Waals surface area contributed by atoms with Gasteiger partial charge in [0.1, 0.15) is 23.6 Å². The van der Waals surface area contributed by atoms with Crippen molar-refractivity contribution in [2.24, 2.45) is 0 Å². The van der Waals surface area contributed by atoms with Crippen LogP contribution in [0.1, 0.15) is 11.7 Å². The fraction of sp³-hybridized carbons (Fsp3) is 0.125. The molecule has 5 nitrogen and oxygen atoms in total. The number of halogens is 3. The summed E-state index contributed by atoms with van der Waals surface area (Å²) in [5.41, 5.74) is 0.198. The van der Waals surface area contributed by atoms with Gasteiger partial charge in [0.25, 0.3) is 0 Å². The van der Waals surface area contributed by atoms with Crippen molar-refractivity contribution < 1.29 is 22.7 Å². The molecule has 1 atom stereocenters. The molecule has 0 saturated carbocycles. The largest absolute Gasteiger partial charge is 0.437 e. The molecule has 0 aliphatic carbocycles. The van der Waals surface area contributed by atoms with Crippen molar-refractivity contribution in [1.29, 1.82) is 0 Å². The van der Waals surface area contributed by atoms with Crippen LogP contribution in [0.5, 0.6) is 0 Å². The van der Waals surface area contributed by atoms with Crippen LogP contribution < -0.4 is 5.76 Å². The van der Waals surface area contributed by atoms with Gasteiger partial charge < -0.3 is 9.52 Å². The predicted octanol–water partition coefficient (Wildman–Crippen LogP) is 2.65. The Kier molecular flexibility index (Phi) is 4.22. The third kappa shape index (κ3) is 3.23. The lowest BCUT2D eigenvalue weighted by molar-refractivity contribution is 0.144. The Balaban J connectivity index is 1.85. The number of hydrogen-bond donors (Lipinski definition) is 1. The van der Waals surface area contributed by atoms with Gasteiger partial charge in [0.2, 0.25) is 5.89 Å². The molecule has 24 heavy (non-hydrogen) atoms. The molecule has 1 heterocycles. The quantitative estimate of drug-likeness (QED) is 0.795. The van der Waals surface area contributed by atoms with E-state index in [9.17, 15) is 23.1 Å². The molecule has 0 aliphatic rings. The third-order valence-corrected chi connectivity index (χ3v) is 3.36. The molecular formula is C16H11F3N2O3. The number of aromatic nitrogens is 2. The fourth-order valence-corrected chi connectivity index (χ4v) is 2.16. The maximum absolute atomic E-state index is 13.6. The number of rotatable bonds is 4. The molecule has 1 N–H and O–H groups in total. The second kappa shape index (κ2) is 6.32. The Bertz CT molecular complexity index is 919. The summed E-state index contributed by atoms with van der Waals surface area (Å²) >= 11 is 0. The second-order valence-corrected chi connectivity index (χ2v) is 5.04. The maximum Gasteiger partial charge on any atom is 0.437 e.